The van der Waals surface area contributed by atoms with E-state index in [1.807, 2.05) is 6.92 Å². The molecule has 24 heavy (non-hydrogen) atoms. The van der Waals surface area contributed by atoms with E-state index in [1.165, 1.54) is 5.56 Å². The summed E-state index contributed by atoms with van der Waals surface area (Å²) in [4.78, 5) is 12.4. The lowest BCUT2D eigenvalue weighted by molar-refractivity contribution is -0.130. The third-order valence-corrected chi connectivity index (χ3v) is 5.22. The summed E-state index contributed by atoms with van der Waals surface area (Å²) in [5.74, 6) is 0.431. The average molecular weight is 327 g/mol. The Kier molecular flexibility index (Phi) is 4.12. The lowest BCUT2D eigenvalue weighted by Gasteiger charge is -2.40. The van der Waals surface area contributed by atoms with Crippen LogP contribution >= 0.6 is 0 Å². The van der Waals surface area contributed by atoms with Crippen LogP contribution in [0.25, 0.3) is 0 Å². The van der Waals surface area contributed by atoms with Gasteiger partial charge in [-0.3, -0.25) is 4.79 Å². The number of rotatable bonds is 3. The van der Waals surface area contributed by atoms with Crippen LogP contribution < -0.4 is 0 Å². The number of nitrogens with zero attached hydrogens (tertiary/aromatic N) is 1. The van der Waals surface area contributed by atoms with Gasteiger partial charge in [-0.25, -0.2) is 0 Å². The quantitative estimate of drug-likeness (QED) is 0.932. The third kappa shape index (κ3) is 2.69. The molecule has 4 nitrogen and oxygen atoms in total. The Morgan fingerprint density at radius 3 is 2.50 bits per heavy atom. The Balaban J connectivity index is 2.17. The number of hydrogen-bond donors (Lipinski definition) is 1. The monoisotopic (exact) mass is 327 g/mol. The van der Waals surface area contributed by atoms with Gasteiger partial charge in [0.25, 0.3) is 0 Å². The molecule has 0 amide bonds. The number of hydrogen-bond acceptors (Lipinski definition) is 4. The smallest absolute Gasteiger partial charge is 0.137 e. The lowest BCUT2D eigenvalue weighted by Crippen LogP contribution is -2.48. The molecular weight excluding hydrogens is 302 g/mol. The lowest BCUT2D eigenvalue weighted by atomic mass is 9.64. The van der Waals surface area contributed by atoms with Gasteiger partial charge in [0.05, 0.1) is 17.2 Å². The SMILES string of the molecule is CC(=O)[C@H]1[C@@H](c2ccc(C(C)C)cc2)c2c(noc2C)C[C@]1(C)O. The van der Waals surface area contributed by atoms with E-state index < -0.39 is 11.5 Å². The molecule has 1 aliphatic carbocycles. The molecule has 0 radical (unpaired) electrons. The highest BCUT2D eigenvalue weighted by atomic mass is 16.5. The normalized spacial score (nSPS) is 26.5. The minimum absolute atomic E-state index is 0.0100. The number of aromatic nitrogens is 1. The zero-order valence-electron chi connectivity index (χ0n) is 15.0. The summed E-state index contributed by atoms with van der Waals surface area (Å²) in [5, 5.41) is 15.1. The standard InChI is InChI=1S/C20H25NO3/c1-11(2)14-6-8-15(9-7-14)18-17-13(4)24-21-16(17)10-20(5,23)19(18)12(3)22/h6-9,11,18-19,23H,10H2,1-5H3/t18-,19-,20-/m0/s1. The minimum atomic E-state index is -1.14. The summed E-state index contributed by atoms with van der Waals surface area (Å²) in [6, 6.07) is 8.33. The van der Waals surface area contributed by atoms with E-state index in [2.05, 4.69) is 43.3 Å². The second kappa shape index (κ2) is 5.85. The number of aliphatic hydroxyl groups is 1. The first kappa shape index (κ1) is 16.9. The van der Waals surface area contributed by atoms with E-state index in [4.69, 9.17) is 4.52 Å². The fourth-order valence-corrected chi connectivity index (χ4v) is 4.05. The minimum Gasteiger partial charge on any atom is -0.389 e. The van der Waals surface area contributed by atoms with E-state index in [1.54, 1.807) is 13.8 Å². The summed E-state index contributed by atoms with van der Waals surface area (Å²) in [5.41, 5.74) is 2.85. The van der Waals surface area contributed by atoms with Crippen molar-refractivity contribution in [3.8, 4) is 0 Å². The van der Waals surface area contributed by atoms with Crippen molar-refractivity contribution in [1.29, 1.82) is 0 Å². The molecule has 0 fully saturated rings. The Hall–Kier alpha value is -1.94. The maximum Gasteiger partial charge on any atom is 0.137 e. The Morgan fingerprint density at radius 1 is 1.33 bits per heavy atom. The molecule has 0 bridgehead atoms. The van der Waals surface area contributed by atoms with Gasteiger partial charge < -0.3 is 9.63 Å². The summed E-state index contributed by atoms with van der Waals surface area (Å²) in [6.45, 7) is 9.46. The van der Waals surface area contributed by atoms with Gasteiger partial charge in [-0.05, 0) is 37.8 Å². The van der Waals surface area contributed by atoms with Crippen molar-refractivity contribution >= 4 is 5.78 Å². The van der Waals surface area contributed by atoms with Crippen LogP contribution in [0.2, 0.25) is 0 Å². The molecule has 1 heterocycles. The van der Waals surface area contributed by atoms with Gasteiger partial charge >= 0.3 is 0 Å². The molecule has 3 atom stereocenters. The fraction of sp³-hybridized carbons (Fsp3) is 0.500. The maximum atomic E-state index is 12.4. The van der Waals surface area contributed by atoms with E-state index in [0.29, 0.717) is 12.3 Å². The summed E-state index contributed by atoms with van der Waals surface area (Å²) < 4.78 is 5.38. The van der Waals surface area contributed by atoms with Gasteiger partial charge in [-0.2, -0.15) is 0 Å². The van der Waals surface area contributed by atoms with Crippen LogP contribution in [0, 0.1) is 12.8 Å². The number of ketones is 1. The summed E-state index contributed by atoms with van der Waals surface area (Å²) in [6.07, 6.45) is 0.338. The zero-order valence-corrected chi connectivity index (χ0v) is 15.0. The van der Waals surface area contributed by atoms with Gasteiger partial charge in [0, 0.05) is 17.9 Å². The molecule has 4 heteroatoms. The molecule has 0 spiro atoms. The van der Waals surface area contributed by atoms with E-state index in [-0.39, 0.29) is 11.7 Å². The largest absolute Gasteiger partial charge is 0.389 e. The van der Waals surface area contributed by atoms with Crippen LogP contribution in [0.4, 0.5) is 0 Å². The molecular formula is C20H25NO3. The van der Waals surface area contributed by atoms with Crippen LogP contribution in [0.15, 0.2) is 28.8 Å². The Labute approximate surface area is 142 Å². The summed E-state index contributed by atoms with van der Waals surface area (Å²) >= 11 is 0. The maximum absolute atomic E-state index is 12.4. The van der Waals surface area contributed by atoms with Crippen molar-refractivity contribution in [3.05, 3.63) is 52.4 Å². The summed E-state index contributed by atoms with van der Waals surface area (Å²) in [7, 11) is 0. The van der Waals surface area contributed by atoms with Crippen LogP contribution in [0.3, 0.4) is 0 Å². The Morgan fingerprint density at radius 2 is 1.96 bits per heavy atom. The Bertz CT molecular complexity index is 756. The molecule has 1 N–H and O–H groups in total. The molecule has 1 aromatic heterocycles. The zero-order chi connectivity index (χ0) is 17.6. The molecule has 1 aromatic carbocycles. The second-order valence-electron chi connectivity index (χ2n) is 7.52. The molecule has 0 saturated heterocycles. The average Bonchev–Trinajstić information content (AvgIpc) is 2.85. The molecule has 0 saturated carbocycles. The number of carbonyl (C=O) groups is 1. The highest BCUT2D eigenvalue weighted by molar-refractivity contribution is 5.82. The topological polar surface area (TPSA) is 63.3 Å². The number of benzene rings is 1. The fourth-order valence-electron chi connectivity index (χ4n) is 4.05. The van der Waals surface area contributed by atoms with Crippen molar-refractivity contribution in [3.63, 3.8) is 0 Å². The van der Waals surface area contributed by atoms with E-state index in [9.17, 15) is 9.90 Å². The van der Waals surface area contributed by atoms with Crippen molar-refractivity contribution in [2.75, 3.05) is 0 Å². The molecule has 128 valence electrons. The van der Waals surface area contributed by atoms with Crippen LogP contribution in [0.1, 0.15) is 67.7 Å². The number of carbonyl (C=O) groups excluding carboxylic acids is 1. The number of fused-ring (bicyclic) bond motifs is 1. The molecule has 3 rings (SSSR count). The van der Waals surface area contributed by atoms with Crippen LogP contribution in [-0.4, -0.2) is 21.6 Å². The molecule has 0 unspecified atom stereocenters. The van der Waals surface area contributed by atoms with Crippen LogP contribution in [0.5, 0.6) is 0 Å². The van der Waals surface area contributed by atoms with Gasteiger partial charge in [-0.1, -0.05) is 43.3 Å². The molecule has 0 aliphatic heterocycles. The van der Waals surface area contributed by atoms with Crippen molar-refractivity contribution < 1.29 is 14.4 Å². The van der Waals surface area contributed by atoms with Crippen molar-refractivity contribution in [2.45, 2.75) is 58.5 Å². The first-order valence-corrected chi connectivity index (χ1v) is 8.50. The van der Waals surface area contributed by atoms with Crippen LogP contribution in [-0.2, 0) is 11.2 Å². The first-order valence-electron chi connectivity index (χ1n) is 8.50. The third-order valence-electron chi connectivity index (χ3n) is 5.22. The predicted octanol–water partition coefficient (Wildman–Crippen LogP) is 3.75. The molecule has 1 aliphatic rings. The van der Waals surface area contributed by atoms with Crippen molar-refractivity contribution in [1.82, 2.24) is 5.16 Å². The predicted molar refractivity (Wildman–Crippen MR) is 92.1 cm³/mol. The highest BCUT2D eigenvalue weighted by Gasteiger charge is 2.49. The van der Waals surface area contributed by atoms with Crippen molar-refractivity contribution in [2.24, 2.45) is 5.92 Å². The van der Waals surface area contributed by atoms with E-state index in [0.717, 1.165) is 22.6 Å². The number of Topliss-reactive ketones (excluding diaryl/α,β-unsaturated/α-hetero) is 1. The second-order valence-corrected chi connectivity index (χ2v) is 7.52. The molecule has 2 aromatic rings. The number of aryl methyl sites for hydroxylation is 1. The first-order chi connectivity index (χ1) is 11.2. The van der Waals surface area contributed by atoms with Gasteiger partial charge in [0.15, 0.2) is 0 Å². The van der Waals surface area contributed by atoms with E-state index >= 15 is 0 Å². The highest BCUT2D eigenvalue weighted by Crippen LogP contribution is 2.47. The van der Waals surface area contributed by atoms with Gasteiger partial charge in [0.2, 0.25) is 0 Å². The van der Waals surface area contributed by atoms with Gasteiger partial charge in [-0.15, -0.1) is 0 Å². The van der Waals surface area contributed by atoms with Gasteiger partial charge in [0.1, 0.15) is 11.5 Å².